The quantitative estimate of drug-likeness (QED) is 0.730. The summed E-state index contributed by atoms with van der Waals surface area (Å²) in [6.07, 6.45) is -4.97. The largest absolute Gasteiger partial charge is 0.389 e. The molecule has 1 aliphatic heterocycles. The van der Waals surface area contributed by atoms with Crippen LogP contribution in [-0.2, 0) is 10.0 Å². The van der Waals surface area contributed by atoms with E-state index >= 15 is 0 Å². The van der Waals surface area contributed by atoms with E-state index in [9.17, 15) is 21.6 Å². The van der Waals surface area contributed by atoms with Gasteiger partial charge in [-0.3, -0.25) is 0 Å². The maximum Gasteiger partial charge on any atom is 0.389 e. The molecular weight excluding hydrogens is 335 g/mol. The highest BCUT2D eigenvalue weighted by Gasteiger charge is 2.33. The Morgan fingerprint density at radius 3 is 2.50 bits per heavy atom. The van der Waals surface area contributed by atoms with Crippen molar-refractivity contribution in [3.05, 3.63) is 0 Å². The van der Waals surface area contributed by atoms with Crippen molar-refractivity contribution in [3.63, 3.8) is 0 Å². The summed E-state index contributed by atoms with van der Waals surface area (Å²) in [4.78, 5) is 0.0728. The van der Waals surface area contributed by atoms with Crippen LogP contribution in [0.1, 0.15) is 26.2 Å². The summed E-state index contributed by atoms with van der Waals surface area (Å²) >= 11 is 3.40. The van der Waals surface area contributed by atoms with E-state index in [4.69, 9.17) is 0 Å². The maximum absolute atomic E-state index is 12.0. The van der Waals surface area contributed by atoms with Crippen molar-refractivity contribution < 1.29 is 21.6 Å². The summed E-state index contributed by atoms with van der Waals surface area (Å²) in [5, 5.41) is 0. The summed E-state index contributed by atoms with van der Waals surface area (Å²) in [5.74, 6) is -0.0488. The average molecular weight is 352 g/mol. The third-order valence-corrected chi connectivity index (χ3v) is 6.20. The van der Waals surface area contributed by atoms with Gasteiger partial charge in [0.1, 0.15) is 0 Å². The molecule has 108 valence electrons. The van der Waals surface area contributed by atoms with E-state index in [1.54, 1.807) is 0 Å². The van der Waals surface area contributed by atoms with Crippen LogP contribution in [0, 0.1) is 5.92 Å². The third kappa shape index (κ3) is 5.05. The molecule has 0 N–H and O–H groups in total. The summed E-state index contributed by atoms with van der Waals surface area (Å²) in [5.41, 5.74) is 0. The van der Waals surface area contributed by atoms with Crippen molar-refractivity contribution in [2.24, 2.45) is 5.92 Å². The molecule has 0 spiro atoms. The van der Waals surface area contributed by atoms with Crippen LogP contribution in [0.2, 0.25) is 0 Å². The molecule has 1 heterocycles. The highest BCUT2D eigenvalue weighted by molar-refractivity contribution is 9.09. The molecule has 0 amide bonds. The van der Waals surface area contributed by atoms with Crippen molar-refractivity contribution >= 4 is 26.0 Å². The summed E-state index contributed by atoms with van der Waals surface area (Å²) in [6, 6.07) is 0. The molecule has 2 unspecified atom stereocenters. The van der Waals surface area contributed by atoms with Crippen molar-refractivity contribution in [1.82, 2.24) is 4.31 Å². The van der Waals surface area contributed by atoms with Crippen molar-refractivity contribution in [1.29, 1.82) is 0 Å². The Labute approximate surface area is 114 Å². The number of sulfonamides is 1. The number of alkyl halides is 4. The van der Waals surface area contributed by atoms with Gasteiger partial charge >= 0.3 is 6.18 Å². The van der Waals surface area contributed by atoms with Crippen molar-refractivity contribution in [2.75, 3.05) is 18.8 Å². The zero-order valence-corrected chi connectivity index (χ0v) is 12.5. The summed E-state index contributed by atoms with van der Waals surface area (Å²) in [7, 11) is -3.56. The lowest BCUT2D eigenvalue weighted by atomic mass is 10.0. The fourth-order valence-corrected chi connectivity index (χ4v) is 4.18. The molecule has 2 atom stereocenters. The number of halogens is 4. The van der Waals surface area contributed by atoms with Gasteiger partial charge < -0.3 is 0 Å². The topological polar surface area (TPSA) is 37.4 Å². The van der Waals surface area contributed by atoms with E-state index in [1.807, 2.05) is 6.92 Å². The molecule has 0 radical (unpaired) electrons. The molecule has 3 nitrogen and oxygen atoms in total. The van der Waals surface area contributed by atoms with E-state index in [2.05, 4.69) is 15.9 Å². The lowest BCUT2D eigenvalue weighted by molar-refractivity contribution is -0.134. The van der Waals surface area contributed by atoms with Crippen LogP contribution < -0.4 is 0 Å². The molecule has 0 aliphatic carbocycles. The van der Waals surface area contributed by atoms with Crippen LogP contribution in [0.25, 0.3) is 0 Å². The van der Waals surface area contributed by atoms with Gasteiger partial charge in [-0.05, 0) is 18.8 Å². The van der Waals surface area contributed by atoms with Crippen LogP contribution in [0.5, 0.6) is 0 Å². The summed E-state index contributed by atoms with van der Waals surface area (Å²) < 4.78 is 60.9. The Hall–Kier alpha value is 0.180. The van der Waals surface area contributed by atoms with Crippen molar-refractivity contribution in [3.8, 4) is 0 Å². The highest BCUT2D eigenvalue weighted by atomic mass is 79.9. The standard InChI is InChI=1S/C10H17BrF3NO2S/c1-8-3-5-15(7-9(8)11)18(16,17)6-2-4-10(12,13)14/h8-9H,2-7H2,1H3. The van der Waals surface area contributed by atoms with Gasteiger partial charge in [-0.1, -0.05) is 22.9 Å². The molecule has 1 fully saturated rings. The molecule has 0 aromatic heterocycles. The van der Waals surface area contributed by atoms with Crippen LogP contribution in [-0.4, -0.2) is 42.6 Å². The predicted molar refractivity (Wildman–Crippen MR) is 67.1 cm³/mol. The van der Waals surface area contributed by atoms with Gasteiger partial charge in [-0.25, -0.2) is 12.7 Å². The van der Waals surface area contributed by atoms with Gasteiger partial charge in [-0.15, -0.1) is 0 Å². The molecular formula is C10H17BrF3NO2S. The van der Waals surface area contributed by atoms with Crippen LogP contribution in [0.4, 0.5) is 13.2 Å². The van der Waals surface area contributed by atoms with Gasteiger partial charge in [0.15, 0.2) is 0 Å². The van der Waals surface area contributed by atoms with Gasteiger partial charge in [0.25, 0.3) is 0 Å². The number of rotatable bonds is 4. The van der Waals surface area contributed by atoms with E-state index < -0.39 is 28.4 Å². The Kier molecular flexibility index (Phi) is 5.49. The normalized spacial score (nSPS) is 27.4. The second-order valence-electron chi connectivity index (χ2n) is 4.67. The van der Waals surface area contributed by atoms with Crippen molar-refractivity contribution in [2.45, 2.75) is 37.2 Å². The minimum absolute atomic E-state index is 0.0728. The molecule has 8 heteroatoms. The minimum atomic E-state index is -4.29. The summed E-state index contributed by atoms with van der Waals surface area (Å²) in [6.45, 7) is 2.76. The molecule has 0 bridgehead atoms. The zero-order chi connectivity index (χ0) is 14.0. The lowest BCUT2D eigenvalue weighted by Gasteiger charge is -2.33. The molecule has 0 aromatic rings. The number of nitrogens with zero attached hydrogens (tertiary/aromatic N) is 1. The van der Waals surface area contributed by atoms with E-state index in [0.717, 1.165) is 6.42 Å². The fourth-order valence-electron chi connectivity index (χ4n) is 1.83. The average Bonchev–Trinajstić information content (AvgIpc) is 2.19. The van der Waals surface area contributed by atoms with Crippen LogP contribution >= 0.6 is 15.9 Å². The number of piperidine rings is 1. The first-order chi connectivity index (χ1) is 8.12. The third-order valence-electron chi connectivity index (χ3n) is 3.09. The van der Waals surface area contributed by atoms with Gasteiger partial charge in [0.05, 0.1) is 5.75 Å². The zero-order valence-electron chi connectivity index (χ0n) is 10.1. The first-order valence-electron chi connectivity index (χ1n) is 5.80. The SMILES string of the molecule is CC1CCN(S(=O)(=O)CCCC(F)(F)F)CC1Br. The molecule has 1 rings (SSSR count). The molecule has 0 aromatic carbocycles. The van der Waals surface area contributed by atoms with E-state index in [-0.39, 0.29) is 11.2 Å². The molecule has 1 saturated heterocycles. The second-order valence-corrected chi connectivity index (χ2v) is 7.94. The van der Waals surface area contributed by atoms with E-state index in [0.29, 0.717) is 19.0 Å². The second kappa shape index (κ2) is 6.09. The Morgan fingerprint density at radius 2 is 2.00 bits per heavy atom. The Bertz CT molecular complexity index is 372. The van der Waals surface area contributed by atoms with Gasteiger partial charge in [0.2, 0.25) is 10.0 Å². The molecule has 18 heavy (non-hydrogen) atoms. The Morgan fingerprint density at radius 1 is 1.39 bits per heavy atom. The monoisotopic (exact) mass is 351 g/mol. The van der Waals surface area contributed by atoms with Gasteiger partial charge in [-0.2, -0.15) is 13.2 Å². The molecule has 1 aliphatic rings. The first-order valence-corrected chi connectivity index (χ1v) is 8.33. The van der Waals surface area contributed by atoms with Crippen LogP contribution in [0.15, 0.2) is 0 Å². The lowest BCUT2D eigenvalue weighted by Crippen LogP contribution is -2.44. The highest BCUT2D eigenvalue weighted by Crippen LogP contribution is 2.26. The number of hydrogen-bond acceptors (Lipinski definition) is 2. The van der Waals surface area contributed by atoms with E-state index in [1.165, 1.54) is 4.31 Å². The Balaban J connectivity index is 2.49. The first kappa shape index (κ1) is 16.2. The maximum atomic E-state index is 12.0. The van der Waals surface area contributed by atoms with Crippen LogP contribution in [0.3, 0.4) is 0 Å². The number of hydrogen-bond donors (Lipinski definition) is 0. The van der Waals surface area contributed by atoms with Gasteiger partial charge in [0, 0.05) is 24.3 Å². The fraction of sp³-hybridized carbons (Fsp3) is 1.00. The molecule has 0 saturated carbocycles. The smallest absolute Gasteiger partial charge is 0.212 e. The predicted octanol–water partition coefficient (Wildman–Crippen LogP) is 2.76. The minimum Gasteiger partial charge on any atom is -0.212 e.